The van der Waals surface area contributed by atoms with Crippen LogP contribution in [0.1, 0.15) is 37.3 Å². The Bertz CT molecular complexity index is 1150. The summed E-state index contributed by atoms with van der Waals surface area (Å²) in [6.07, 6.45) is -2.56. The van der Waals surface area contributed by atoms with Gasteiger partial charge in [0, 0.05) is 30.8 Å². The van der Waals surface area contributed by atoms with Crippen molar-refractivity contribution in [2.75, 3.05) is 18.0 Å². The van der Waals surface area contributed by atoms with Crippen molar-refractivity contribution >= 4 is 23.9 Å². The summed E-state index contributed by atoms with van der Waals surface area (Å²) >= 11 is 0. The van der Waals surface area contributed by atoms with Gasteiger partial charge in [0.05, 0.1) is 5.56 Å². The molecule has 0 spiro atoms. The van der Waals surface area contributed by atoms with Crippen molar-refractivity contribution in [3.05, 3.63) is 71.4 Å². The molecule has 0 aliphatic carbocycles. The standard InChI is InChI=1S/C25H24F5N3O3/c1-15(2)32-24(31-14-36-19-5-3-18(4-6-19)25(28,29)30)17-12-20(26)23(21(27)13-17)33-9-7-16(8-10-33)11-22(34)35/h3-6,12-14,16H,1,7-11H2,2H3,(H,34,35)/b31-14+,32-24-. The predicted octanol–water partition coefficient (Wildman–Crippen LogP) is 6.06. The van der Waals surface area contributed by atoms with Gasteiger partial charge in [0.2, 0.25) is 0 Å². The van der Waals surface area contributed by atoms with Crippen LogP contribution in [0.4, 0.5) is 27.6 Å². The van der Waals surface area contributed by atoms with Gasteiger partial charge in [-0.3, -0.25) is 4.79 Å². The topological polar surface area (TPSA) is 74.5 Å². The Labute approximate surface area is 204 Å². The lowest BCUT2D eigenvalue weighted by molar-refractivity contribution is -0.138. The Balaban J connectivity index is 1.77. The van der Waals surface area contributed by atoms with E-state index in [0.29, 0.717) is 31.6 Å². The summed E-state index contributed by atoms with van der Waals surface area (Å²) in [4.78, 5) is 20.5. The van der Waals surface area contributed by atoms with E-state index in [9.17, 15) is 26.7 Å². The fraction of sp³-hybridized carbons (Fsp3) is 0.320. The van der Waals surface area contributed by atoms with Crippen molar-refractivity contribution in [3.8, 4) is 5.75 Å². The number of ether oxygens (including phenoxy) is 1. The molecule has 192 valence electrons. The van der Waals surface area contributed by atoms with Gasteiger partial charge in [-0.1, -0.05) is 6.58 Å². The van der Waals surface area contributed by atoms with Gasteiger partial charge < -0.3 is 14.7 Å². The van der Waals surface area contributed by atoms with Crippen LogP contribution in [-0.4, -0.2) is 36.4 Å². The maximum atomic E-state index is 15.0. The molecule has 1 fully saturated rings. The highest BCUT2D eigenvalue weighted by Crippen LogP contribution is 2.31. The van der Waals surface area contributed by atoms with Crippen LogP contribution in [0.3, 0.4) is 0 Å². The Kier molecular flexibility index (Phi) is 8.44. The van der Waals surface area contributed by atoms with Crippen molar-refractivity contribution in [1.29, 1.82) is 0 Å². The summed E-state index contributed by atoms with van der Waals surface area (Å²) in [5.41, 5.74) is -0.757. The number of nitrogens with zero attached hydrogens (tertiary/aromatic N) is 3. The molecule has 6 nitrogen and oxygen atoms in total. The van der Waals surface area contributed by atoms with Crippen molar-refractivity contribution in [1.82, 2.24) is 0 Å². The Morgan fingerprint density at radius 1 is 1.17 bits per heavy atom. The van der Waals surface area contributed by atoms with Crippen LogP contribution in [0.15, 0.2) is 58.7 Å². The van der Waals surface area contributed by atoms with E-state index in [4.69, 9.17) is 9.84 Å². The zero-order valence-electron chi connectivity index (χ0n) is 19.4. The monoisotopic (exact) mass is 509 g/mol. The largest absolute Gasteiger partial charge is 0.481 e. The molecule has 2 aromatic carbocycles. The van der Waals surface area contributed by atoms with Crippen LogP contribution < -0.4 is 9.64 Å². The van der Waals surface area contributed by atoms with Crippen LogP contribution in [0.5, 0.6) is 5.75 Å². The van der Waals surface area contributed by atoms with Crippen molar-refractivity contribution in [2.45, 2.75) is 32.4 Å². The molecule has 0 aromatic heterocycles. The lowest BCUT2D eigenvalue weighted by Crippen LogP contribution is -2.35. The second kappa shape index (κ2) is 11.3. The molecule has 1 aliphatic heterocycles. The summed E-state index contributed by atoms with van der Waals surface area (Å²) in [5, 5.41) is 8.94. The number of carbonyl (C=O) groups is 1. The third-order valence-corrected chi connectivity index (χ3v) is 5.51. The normalized spacial score (nSPS) is 15.4. The molecule has 0 amide bonds. The molecular weight excluding hydrogens is 485 g/mol. The first kappa shape index (κ1) is 26.8. The number of alkyl halides is 3. The number of allylic oxidation sites excluding steroid dienone is 1. The minimum Gasteiger partial charge on any atom is -0.481 e. The molecule has 0 atom stereocenters. The highest BCUT2D eigenvalue weighted by atomic mass is 19.4. The van der Waals surface area contributed by atoms with Crippen molar-refractivity contribution in [3.63, 3.8) is 0 Å². The summed E-state index contributed by atoms with van der Waals surface area (Å²) < 4.78 is 73.3. The van der Waals surface area contributed by atoms with Gasteiger partial charge in [-0.2, -0.15) is 18.2 Å². The molecule has 11 heteroatoms. The average molecular weight is 509 g/mol. The van der Waals surface area contributed by atoms with E-state index in [2.05, 4.69) is 16.6 Å². The van der Waals surface area contributed by atoms with Gasteiger partial charge >= 0.3 is 12.1 Å². The molecule has 0 unspecified atom stereocenters. The molecule has 1 aliphatic rings. The van der Waals surface area contributed by atoms with E-state index < -0.39 is 29.3 Å². The molecule has 0 radical (unpaired) electrons. The SMILES string of the molecule is C=C(C)/N=C(\N=C\Oc1ccc(C(F)(F)F)cc1)c1cc(F)c(N2CCC(CC(=O)O)CC2)c(F)c1. The first-order valence-corrected chi connectivity index (χ1v) is 11.0. The molecule has 3 rings (SSSR count). The number of carboxylic acid groups (broad SMARTS) is 1. The molecule has 0 bridgehead atoms. The Hall–Kier alpha value is -3.76. The number of piperidine rings is 1. The molecule has 1 N–H and O–H groups in total. The van der Waals surface area contributed by atoms with E-state index in [1.54, 1.807) is 11.8 Å². The number of hydrogen-bond donors (Lipinski definition) is 1. The number of benzene rings is 2. The highest BCUT2D eigenvalue weighted by molar-refractivity contribution is 6.03. The number of aliphatic carboxylic acids is 1. The van der Waals surface area contributed by atoms with Gasteiger partial charge in [-0.05, 0) is 62.1 Å². The van der Waals surface area contributed by atoms with Crippen molar-refractivity contribution in [2.24, 2.45) is 15.9 Å². The summed E-state index contributed by atoms with van der Waals surface area (Å²) in [6, 6.07) is 6.05. The van der Waals surface area contributed by atoms with Crippen molar-refractivity contribution < 1.29 is 36.6 Å². The minimum absolute atomic E-state index is 0.00443. The highest BCUT2D eigenvalue weighted by Gasteiger charge is 2.30. The number of rotatable bonds is 7. The molecular formula is C25H24F5N3O3. The summed E-state index contributed by atoms with van der Waals surface area (Å²) in [5.74, 6) is -2.66. The smallest absolute Gasteiger partial charge is 0.416 e. The summed E-state index contributed by atoms with van der Waals surface area (Å²) in [6.45, 7) is 5.82. The maximum absolute atomic E-state index is 15.0. The predicted molar refractivity (Wildman–Crippen MR) is 125 cm³/mol. The number of amidine groups is 1. The second-order valence-corrected chi connectivity index (χ2v) is 8.36. The molecule has 0 saturated carbocycles. The third-order valence-electron chi connectivity index (χ3n) is 5.51. The number of anilines is 1. The van der Waals surface area contributed by atoms with E-state index >= 15 is 0 Å². The lowest BCUT2D eigenvalue weighted by atomic mass is 9.93. The van der Waals surface area contributed by atoms with Crippen LogP contribution in [-0.2, 0) is 11.0 Å². The van der Waals surface area contributed by atoms with Crippen LogP contribution in [0.25, 0.3) is 0 Å². The first-order chi connectivity index (χ1) is 16.9. The average Bonchev–Trinajstić information content (AvgIpc) is 2.78. The van der Waals surface area contributed by atoms with E-state index in [-0.39, 0.29) is 35.2 Å². The minimum atomic E-state index is -4.48. The van der Waals surface area contributed by atoms with Gasteiger partial charge in [-0.25, -0.2) is 13.8 Å². The second-order valence-electron chi connectivity index (χ2n) is 8.36. The Morgan fingerprint density at radius 3 is 2.25 bits per heavy atom. The summed E-state index contributed by atoms with van der Waals surface area (Å²) in [7, 11) is 0. The lowest BCUT2D eigenvalue weighted by Gasteiger charge is -2.33. The third kappa shape index (κ3) is 7.12. The van der Waals surface area contributed by atoms with Gasteiger partial charge in [-0.15, -0.1) is 0 Å². The number of hydrogen-bond acceptors (Lipinski definition) is 4. The molecule has 2 aromatic rings. The van der Waals surface area contributed by atoms with Crippen LogP contribution in [0, 0.1) is 17.6 Å². The van der Waals surface area contributed by atoms with Crippen LogP contribution in [0.2, 0.25) is 0 Å². The first-order valence-electron chi connectivity index (χ1n) is 11.0. The van der Waals surface area contributed by atoms with E-state index in [1.165, 1.54) is 0 Å². The maximum Gasteiger partial charge on any atom is 0.416 e. The van der Waals surface area contributed by atoms with E-state index in [0.717, 1.165) is 42.8 Å². The van der Waals surface area contributed by atoms with Gasteiger partial charge in [0.1, 0.15) is 23.1 Å². The van der Waals surface area contributed by atoms with Gasteiger partial charge in [0.25, 0.3) is 0 Å². The Morgan fingerprint density at radius 2 is 1.75 bits per heavy atom. The zero-order valence-corrected chi connectivity index (χ0v) is 19.4. The van der Waals surface area contributed by atoms with E-state index in [1.807, 2.05) is 0 Å². The molecule has 1 saturated heterocycles. The fourth-order valence-electron chi connectivity index (χ4n) is 3.81. The van der Waals surface area contributed by atoms with Crippen LogP contribution >= 0.6 is 0 Å². The number of carboxylic acids is 1. The fourth-order valence-corrected chi connectivity index (χ4v) is 3.81. The number of aliphatic imine (C=N–C) groups is 2. The molecule has 36 heavy (non-hydrogen) atoms. The zero-order chi connectivity index (χ0) is 26.5. The molecule has 1 heterocycles. The van der Waals surface area contributed by atoms with Gasteiger partial charge in [0.15, 0.2) is 12.2 Å². The number of halogens is 5. The quantitative estimate of drug-likeness (QED) is 0.280.